The van der Waals surface area contributed by atoms with E-state index in [0.29, 0.717) is 33.6 Å². The molecule has 0 aliphatic heterocycles. The van der Waals surface area contributed by atoms with Gasteiger partial charge in [0.15, 0.2) is 6.20 Å². The van der Waals surface area contributed by atoms with E-state index in [2.05, 4.69) is 49.7 Å². The molecular formula is C32H31N2O+. The highest BCUT2D eigenvalue weighted by Crippen LogP contribution is 2.43. The van der Waals surface area contributed by atoms with Crippen LogP contribution in [0.5, 0.6) is 0 Å². The smallest absolute Gasteiger partial charge is 0.216 e. The fraction of sp³-hybridized carbons (Fsp3) is 0.250. The van der Waals surface area contributed by atoms with E-state index in [1.807, 2.05) is 20.9 Å². The van der Waals surface area contributed by atoms with Crippen molar-refractivity contribution in [3.05, 3.63) is 88.5 Å². The molecule has 0 unspecified atom stereocenters. The van der Waals surface area contributed by atoms with Gasteiger partial charge < -0.3 is 4.42 Å². The van der Waals surface area contributed by atoms with E-state index < -0.39 is 18.1 Å². The summed E-state index contributed by atoms with van der Waals surface area (Å²) in [4.78, 5) is 0. The summed E-state index contributed by atoms with van der Waals surface area (Å²) in [7, 11) is 2.01. The first-order valence-electron chi connectivity index (χ1n) is 14.3. The van der Waals surface area contributed by atoms with E-state index in [1.54, 1.807) is 12.1 Å². The molecule has 174 valence electrons. The van der Waals surface area contributed by atoms with Crippen molar-refractivity contribution in [2.45, 2.75) is 41.0 Å². The van der Waals surface area contributed by atoms with Crippen molar-refractivity contribution in [3.8, 4) is 28.5 Å². The minimum atomic E-state index is -0.453. The van der Waals surface area contributed by atoms with Gasteiger partial charge in [-0.1, -0.05) is 50.1 Å². The molecule has 3 heteroatoms. The third-order valence-corrected chi connectivity index (χ3v) is 6.65. The van der Waals surface area contributed by atoms with Crippen LogP contribution in [0.3, 0.4) is 0 Å². The van der Waals surface area contributed by atoms with Gasteiger partial charge in [-0.3, -0.25) is 0 Å². The van der Waals surface area contributed by atoms with Crippen molar-refractivity contribution in [2.24, 2.45) is 13.0 Å². The second-order valence-corrected chi connectivity index (χ2v) is 9.74. The third-order valence-electron chi connectivity index (χ3n) is 6.65. The summed E-state index contributed by atoms with van der Waals surface area (Å²) >= 11 is 0. The Morgan fingerprint density at radius 3 is 2.40 bits per heavy atom. The molecule has 0 saturated heterocycles. The topological polar surface area (TPSA) is 40.8 Å². The van der Waals surface area contributed by atoms with Crippen LogP contribution in [0.1, 0.15) is 48.5 Å². The maximum atomic E-state index is 10.1. The van der Waals surface area contributed by atoms with Crippen LogP contribution in [-0.2, 0) is 13.5 Å². The van der Waals surface area contributed by atoms with Gasteiger partial charge in [0.1, 0.15) is 18.2 Å². The lowest BCUT2D eigenvalue weighted by atomic mass is 9.92. The Morgan fingerprint density at radius 1 is 0.971 bits per heavy atom. The standard InChI is InChI=1S/C32H31N2O/c1-19(2)14-25-16-27(34(6)18-22(25)5)28-20(3)15-21(4)29-30-24(17-33)12-13-26(31(30)35-32(28)29)23-10-8-7-9-11-23/h7-13,15-16,18-19H,14H2,1-6H3/q+1/i7D,8D,9D,10D,11D. The maximum absolute atomic E-state index is 10.1. The molecule has 2 aromatic heterocycles. The van der Waals surface area contributed by atoms with Gasteiger partial charge in [0.05, 0.1) is 24.0 Å². The molecule has 0 spiro atoms. The molecule has 2 heterocycles. The summed E-state index contributed by atoms with van der Waals surface area (Å²) in [6, 6.07) is 7.92. The highest BCUT2D eigenvalue weighted by atomic mass is 16.3. The lowest BCUT2D eigenvalue weighted by Gasteiger charge is -2.12. The fourth-order valence-corrected chi connectivity index (χ4v) is 5.13. The molecule has 0 aliphatic carbocycles. The van der Waals surface area contributed by atoms with Crippen LogP contribution in [0.25, 0.3) is 44.3 Å². The molecule has 5 aromatic rings. The Balaban J connectivity index is 1.96. The van der Waals surface area contributed by atoms with E-state index in [-0.39, 0.29) is 17.6 Å². The van der Waals surface area contributed by atoms with E-state index in [4.69, 9.17) is 11.3 Å². The second kappa shape index (κ2) is 8.71. The minimum absolute atomic E-state index is 0.0515. The largest absolute Gasteiger partial charge is 0.454 e. The fourth-order valence-electron chi connectivity index (χ4n) is 5.13. The Morgan fingerprint density at radius 2 is 1.71 bits per heavy atom. The van der Waals surface area contributed by atoms with E-state index in [9.17, 15) is 5.26 Å². The predicted octanol–water partition coefficient (Wildman–Crippen LogP) is 7.74. The third kappa shape index (κ3) is 3.80. The molecule has 3 aromatic carbocycles. The van der Waals surface area contributed by atoms with Gasteiger partial charge in [-0.25, -0.2) is 4.57 Å². The van der Waals surface area contributed by atoms with Crippen molar-refractivity contribution < 1.29 is 15.8 Å². The van der Waals surface area contributed by atoms with Crippen molar-refractivity contribution in [3.63, 3.8) is 0 Å². The number of nitrogens with zero attached hydrogens (tertiary/aromatic N) is 2. The summed E-state index contributed by atoms with van der Waals surface area (Å²) in [6.45, 7) is 10.5. The molecule has 3 nitrogen and oxygen atoms in total. The Kier molecular flexibility index (Phi) is 4.36. The molecule has 0 bridgehead atoms. The van der Waals surface area contributed by atoms with E-state index in [0.717, 1.165) is 34.2 Å². The number of nitriles is 1. The first-order chi connectivity index (χ1) is 18.9. The van der Waals surface area contributed by atoms with Crippen LogP contribution in [0, 0.1) is 38.0 Å². The zero-order valence-corrected chi connectivity index (χ0v) is 21.0. The lowest BCUT2D eigenvalue weighted by Crippen LogP contribution is -2.32. The number of aromatic nitrogens is 1. The van der Waals surface area contributed by atoms with Crippen LogP contribution < -0.4 is 4.57 Å². The highest BCUT2D eigenvalue weighted by molar-refractivity contribution is 6.16. The second-order valence-electron chi connectivity index (χ2n) is 9.74. The normalized spacial score (nSPS) is 13.5. The van der Waals surface area contributed by atoms with Gasteiger partial charge in [-0.15, -0.1) is 0 Å². The number of fused-ring (bicyclic) bond motifs is 3. The van der Waals surface area contributed by atoms with E-state index >= 15 is 0 Å². The molecule has 0 amide bonds. The molecule has 35 heavy (non-hydrogen) atoms. The minimum Gasteiger partial charge on any atom is -0.454 e. The van der Waals surface area contributed by atoms with Crippen LogP contribution in [0.4, 0.5) is 0 Å². The molecule has 0 aliphatic rings. The van der Waals surface area contributed by atoms with Gasteiger partial charge in [0.2, 0.25) is 5.69 Å². The van der Waals surface area contributed by atoms with Gasteiger partial charge in [-0.2, -0.15) is 5.26 Å². The number of hydrogen-bond donors (Lipinski definition) is 0. The number of furan rings is 1. The van der Waals surface area contributed by atoms with E-state index in [1.165, 1.54) is 11.1 Å². The van der Waals surface area contributed by atoms with Crippen molar-refractivity contribution in [1.29, 1.82) is 5.26 Å². The number of aryl methyl sites for hydroxylation is 4. The molecule has 0 saturated carbocycles. The highest BCUT2D eigenvalue weighted by Gasteiger charge is 2.26. The Hall–Kier alpha value is -3.90. The van der Waals surface area contributed by atoms with Crippen molar-refractivity contribution >= 4 is 21.9 Å². The molecule has 0 atom stereocenters. The monoisotopic (exact) mass is 464 g/mol. The number of pyridine rings is 1. The van der Waals surface area contributed by atoms with Crippen molar-refractivity contribution in [2.75, 3.05) is 0 Å². The summed E-state index contributed by atoms with van der Waals surface area (Å²) in [5, 5.41) is 11.4. The Bertz CT molecular complexity index is 1890. The van der Waals surface area contributed by atoms with Crippen LogP contribution in [0.2, 0.25) is 0 Å². The van der Waals surface area contributed by atoms with Crippen LogP contribution >= 0.6 is 0 Å². The molecule has 0 fully saturated rings. The number of benzene rings is 3. The molecule has 0 radical (unpaired) electrons. The summed E-state index contributed by atoms with van der Waals surface area (Å²) < 4.78 is 50.3. The zero-order valence-electron chi connectivity index (χ0n) is 26.0. The first-order valence-corrected chi connectivity index (χ1v) is 11.8. The SMILES string of the molecule is [2H]c1c([2H])c([2H])c(-c2ccc(C#N)c3c2oc2c(-c4cc(CC(C)C)c(C)c[n+]4C)c(C)cc(C)c23)c([2H])c1[2H]. The van der Waals surface area contributed by atoms with Gasteiger partial charge in [0.25, 0.3) is 0 Å². The van der Waals surface area contributed by atoms with Crippen LogP contribution in [-0.4, -0.2) is 0 Å². The van der Waals surface area contributed by atoms with Crippen molar-refractivity contribution in [1.82, 2.24) is 0 Å². The average Bonchev–Trinajstić information content (AvgIpc) is 3.30. The summed E-state index contributed by atoms with van der Waals surface area (Å²) in [5.74, 6) is 0.488. The molecule has 0 N–H and O–H groups in total. The molecule has 5 rings (SSSR count). The maximum Gasteiger partial charge on any atom is 0.216 e. The zero-order chi connectivity index (χ0) is 29.2. The Labute approximate surface area is 214 Å². The quantitative estimate of drug-likeness (QED) is 0.255. The number of hydrogen-bond acceptors (Lipinski definition) is 2. The summed E-state index contributed by atoms with van der Waals surface area (Å²) in [6.07, 6.45) is 3.06. The lowest BCUT2D eigenvalue weighted by molar-refractivity contribution is -0.660. The molecular weight excluding hydrogens is 428 g/mol. The average molecular weight is 465 g/mol. The predicted molar refractivity (Wildman–Crippen MR) is 143 cm³/mol. The summed E-state index contributed by atoms with van der Waals surface area (Å²) in [5.41, 5.74) is 8.05. The van der Waals surface area contributed by atoms with Crippen LogP contribution in [0.15, 0.2) is 65.1 Å². The van der Waals surface area contributed by atoms with Gasteiger partial charge in [-0.05, 0) is 67.5 Å². The van der Waals surface area contributed by atoms with Gasteiger partial charge in [0, 0.05) is 28.0 Å². The van der Waals surface area contributed by atoms with Gasteiger partial charge >= 0.3 is 0 Å². The first kappa shape index (κ1) is 17.5. The number of rotatable bonds is 4.